The lowest BCUT2D eigenvalue weighted by Gasteiger charge is -2.17. The molecule has 14 heavy (non-hydrogen) atoms. The second-order valence-corrected chi connectivity index (χ2v) is 5.04. The Morgan fingerprint density at radius 1 is 1.57 bits per heavy atom. The average molecular weight is 258 g/mol. The van der Waals surface area contributed by atoms with E-state index in [1.54, 1.807) is 0 Å². The van der Waals surface area contributed by atoms with Gasteiger partial charge in [0, 0.05) is 18.0 Å². The summed E-state index contributed by atoms with van der Waals surface area (Å²) in [7, 11) is 0. The smallest absolute Gasteiger partial charge is 0.169 e. The molecule has 2 nitrogen and oxygen atoms in total. The van der Waals surface area contributed by atoms with Gasteiger partial charge < -0.3 is 9.73 Å². The van der Waals surface area contributed by atoms with Gasteiger partial charge in [0.2, 0.25) is 0 Å². The molecule has 0 spiro atoms. The third-order valence-electron chi connectivity index (χ3n) is 2.90. The molecule has 3 heteroatoms. The number of hydrogen-bond donors (Lipinski definition) is 1. The minimum Gasteiger partial charge on any atom is -0.454 e. The summed E-state index contributed by atoms with van der Waals surface area (Å²) in [6.07, 6.45) is 1.17. The Labute approximate surface area is 93.2 Å². The lowest BCUT2D eigenvalue weighted by atomic mass is 9.89. The predicted molar refractivity (Wildman–Crippen MR) is 60.3 cm³/mol. The molecule has 0 saturated heterocycles. The van der Waals surface area contributed by atoms with E-state index in [1.165, 1.54) is 17.7 Å². The first-order chi connectivity index (χ1) is 6.68. The van der Waals surface area contributed by atoms with E-state index in [0.29, 0.717) is 11.8 Å². The number of hydrogen-bond acceptors (Lipinski definition) is 2. The third kappa shape index (κ3) is 1.89. The van der Waals surface area contributed by atoms with Crippen molar-refractivity contribution in [3.63, 3.8) is 0 Å². The molecule has 0 aliphatic carbocycles. The van der Waals surface area contributed by atoms with Crippen LogP contribution in [0, 0.1) is 5.92 Å². The molecule has 0 fully saturated rings. The molecule has 0 amide bonds. The van der Waals surface area contributed by atoms with Crippen LogP contribution in [-0.4, -0.2) is 6.54 Å². The molecular formula is C11H16BrNO. The van der Waals surface area contributed by atoms with E-state index in [0.717, 1.165) is 17.8 Å². The molecule has 1 N–H and O–H groups in total. The van der Waals surface area contributed by atoms with Crippen molar-refractivity contribution >= 4 is 15.9 Å². The Morgan fingerprint density at radius 3 is 3.07 bits per heavy atom. The fourth-order valence-corrected chi connectivity index (χ4v) is 2.56. The highest BCUT2D eigenvalue weighted by atomic mass is 79.9. The fourth-order valence-electron chi connectivity index (χ4n) is 2.11. The summed E-state index contributed by atoms with van der Waals surface area (Å²) < 4.78 is 6.59. The van der Waals surface area contributed by atoms with E-state index in [1.807, 2.05) is 0 Å². The molecule has 2 heterocycles. The Hall–Kier alpha value is -0.280. The minimum atomic E-state index is 0.561. The second kappa shape index (κ2) is 4.07. The Bertz CT molecular complexity index is 319. The number of nitrogens with one attached hydrogen (secondary N) is 1. The zero-order valence-corrected chi connectivity index (χ0v) is 10.2. The second-order valence-electron chi connectivity index (χ2n) is 4.26. The molecule has 1 aromatic rings. The van der Waals surface area contributed by atoms with Crippen LogP contribution in [-0.2, 0) is 6.54 Å². The molecule has 0 bridgehead atoms. The summed E-state index contributed by atoms with van der Waals surface area (Å²) in [5, 5.41) is 3.42. The highest BCUT2D eigenvalue weighted by Crippen LogP contribution is 2.35. The molecule has 1 atom stereocenters. The lowest BCUT2D eigenvalue weighted by molar-refractivity contribution is 0.373. The van der Waals surface area contributed by atoms with Crippen LogP contribution in [0.4, 0.5) is 0 Å². The first-order valence-electron chi connectivity index (χ1n) is 5.17. The van der Waals surface area contributed by atoms with Crippen LogP contribution in [0.25, 0.3) is 0 Å². The summed E-state index contributed by atoms with van der Waals surface area (Å²) >= 11 is 3.40. The van der Waals surface area contributed by atoms with Crippen LogP contribution in [0.1, 0.15) is 37.5 Å². The Balaban J connectivity index is 2.36. The summed E-state index contributed by atoms with van der Waals surface area (Å²) in [5.41, 5.74) is 1.31. The van der Waals surface area contributed by atoms with Crippen LogP contribution in [0.15, 0.2) is 15.2 Å². The zero-order valence-electron chi connectivity index (χ0n) is 8.64. The molecule has 2 rings (SSSR count). The molecule has 78 valence electrons. The maximum atomic E-state index is 5.74. The van der Waals surface area contributed by atoms with Crippen LogP contribution in [0.2, 0.25) is 0 Å². The normalized spacial score (nSPS) is 22.1. The van der Waals surface area contributed by atoms with Crippen LogP contribution < -0.4 is 5.32 Å². The summed E-state index contributed by atoms with van der Waals surface area (Å²) in [6.45, 7) is 6.55. The first kappa shape index (κ1) is 10.2. The van der Waals surface area contributed by atoms with Gasteiger partial charge in [-0.1, -0.05) is 13.8 Å². The van der Waals surface area contributed by atoms with Crippen LogP contribution in [0.3, 0.4) is 0 Å². The van der Waals surface area contributed by atoms with Gasteiger partial charge in [-0.05, 0) is 40.9 Å². The Kier molecular flexibility index (Phi) is 2.98. The van der Waals surface area contributed by atoms with Crippen molar-refractivity contribution < 1.29 is 4.42 Å². The van der Waals surface area contributed by atoms with Gasteiger partial charge in [0.25, 0.3) is 0 Å². The predicted octanol–water partition coefficient (Wildman–Crippen LogP) is 3.28. The van der Waals surface area contributed by atoms with Crippen molar-refractivity contribution in [3.05, 3.63) is 22.1 Å². The summed E-state index contributed by atoms with van der Waals surface area (Å²) in [6, 6.07) is 2.09. The van der Waals surface area contributed by atoms with E-state index in [9.17, 15) is 0 Å². The van der Waals surface area contributed by atoms with E-state index in [4.69, 9.17) is 4.42 Å². The molecule has 1 aromatic heterocycles. The lowest BCUT2D eigenvalue weighted by Crippen LogP contribution is -2.13. The number of furan rings is 1. The molecule has 0 radical (unpaired) electrons. The van der Waals surface area contributed by atoms with Gasteiger partial charge in [-0.2, -0.15) is 0 Å². The maximum absolute atomic E-state index is 5.74. The van der Waals surface area contributed by atoms with Gasteiger partial charge in [-0.25, -0.2) is 0 Å². The first-order valence-corrected chi connectivity index (χ1v) is 5.96. The van der Waals surface area contributed by atoms with E-state index < -0.39 is 0 Å². The summed E-state index contributed by atoms with van der Waals surface area (Å²) in [4.78, 5) is 0. The van der Waals surface area contributed by atoms with Crippen molar-refractivity contribution in [2.75, 3.05) is 6.54 Å². The van der Waals surface area contributed by atoms with Gasteiger partial charge in [-0.3, -0.25) is 0 Å². The van der Waals surface area contributed by atoms with E-state index in [-0.39, 0.29) is 0 Å². The molecule has 0 aromatic carbocycles. The molecular weight excluding hydrogens is 242 g/mol. The molecule has 0 saturated carbocycles. The van der Waals surface area contributed by atoms with Gasteiger partial charge in [-0.15, -0.1) is 0 Å². The minimum absolute atomic E-state index is 0.561. The van der Waals surface area contributed by atoms with Crippen molar-refractivity contribution in [2.45, 2.75) is 32.7 Å². The standard InChI is InChI=1S/C11H16BrNO/c1-7(2)9-3-4-13-6-8-5-10(12)14-11(8)9/h5,7,9,13H,3-4,6H2,1-2H3. The van der Waals surface area contributed by atoms with Crippen LogP contribution >= 0.6 is 15.9 Å². The van der Waals surface area contributed by atoms with Crippen molar-refractivity contribution in [1.29, 1.82) is 0 Å². The van der Waals surface area contributed by atoms with Crippen molar-refractivity contribution in [3.8, 4) is 0 Å². The molecule has 1 aliphatic rings. The third-order valence-corrected chi connectivity index (χ3v) is 3.29. The number of halogens is 1. The van der Waals surface area contributed by atoms with Gasteiger partial charge >= 0.3 is 0 Å². The largest absolute Gasteiger partial charge is 0.454 e. The quantitative estimate of drug-likeness (QED) is 0.836. The van der Waals surface area contributed by atoms with Gasteiger partial charge in [0.05, 0.1) is 0 Å². The maximum Gasteiger partial charge on any atom is 0.169 e. The van der Waals surface area contributed by atoms with Gasteiger partial charge in [0.15, 0.2) is 4.67 Å². The zero-order chi connectivity index (χ0) is 10.1. The fraction of sp³-hybridized carbons (Fsp3) is 0.636. The topological polar surface area (TPSA) is 25.2 Å². The van der Waals surface area contributed by atoms with E-state index in [2.05, 4.69) is 41.2 Å². The molecule has 1 aliphatic heterocycles. The SMILES string of the molecule is CC(C)C1CCNCc2cc(Br)oc21. The number of rotatable bonds is 1. The Morgan fingerprint density at radius 2 is 2.36 bits per heavy atom. The van der Waals surface area contributed by atoms with Crippen LogP contribution in [0.5, 0.6) is 0 Å². The number of fused-ring (bicyclic) bond motifs is 1. The van der Waals surface area contributed by atoms with Gasteiger partial charge in [0.1, 0.15) is 5.76 Å². The highest BCUT2D eigenvalue weighted by molar-refractivity contribution is 9.10. The van der Waals surface area contributed by atoms with Crippen molar-refractivity contribution in [2.24, 2.45) is 5.92 Å². The average Bonchev–Trinajstić information content (AvgIpc) is 2.35. The summed E-state index contributed by atoms with van der Waals surface area (Å²) in [5.74, 6) is 2.38. The van der Waals surface area contributed by atoms with E-state index >= 15 is 0 Å². The molecule has 1 unspecified atom stereocenters. The monoisotopic (exact) mass is 257 g/mol. The highest BCUT2D eigenvalue weighted by Gasteiger charge is 2.25. The van der Waals surface area contributed by atoms with Crippen molar-refractivity contribution in [1.82, 2.24) is 5.32 Å².